The molecular formula is C18H17N3O4S. The number of fused-ring (bicyclic) bond motifs is 2. The zero-order chi connectivity index (χ0) is 18.3. The van der Waals surface area contributed by atoms with Gasteiger partial charge in [-0.1, -0.05) is 12.1 Å². The lowest BCUT2D eigenvalue weighted by Gasteiger charge is -2.33. The fourth-order valence-electron chi connectivity index (χ4n) is 2.91. The molecule has 0 fully saturated rings. The minimum absolute atomic E-state index is 0.175. The van der Waals surface area contributed by atoms with Crippen molar-refractivity contribution < 1.29 is 14.3 Å². The third kappa shape index (κ3) is 2.92. The van der Waals surface area contributed by atoms with Crippen LogP contribution in [0.4, 0.5) is 0 Å². The molecule has 0 bridgehead atoms. The number of carbonyl (C=O) groups is 1. The van der Waals surface area contributed by atoms with E-state index in [9.17, 15) is 9.59 Å². The third-order valence-electron chi connectivity index (χ3n) is 4.21. The van der Waals surface area contributed by atoms with Gasteiger partial charge < -0.3 is 19.4 Å². The van der Waals surface area contributed by atoms with Crippen LogP contribution in [-0.2, 0) is 11.3 Å². The smallest absolute Gasteiger partial charge is 0.268 e. The van der Waals surface area contributed by atoms with Crippen LogP contribution in [-0.4, -0.2) is 40.0 Å². The maximum absolute atomic E-state index is 12.8. The van der Waals surface area contributed by atoms with Gasteiger partial charge in [0.25, 0.3) is 11.5 Å². The fourth-order valence-corrected chi connectivity index (χ4v) is 3.63. The number of hydrogen-bond donors (Lipinski definition) is 1. The first kappa shape index (κ1) is 16.6. The average Bonchev–Trinajstić information content (AvgIpc) is 3.09. The largest absolute Gasteiger partial charge is 0.482 e. The van der Waals surface area contributed by atoms with E-state index >= 15 is 0 Å². The van der Waals surface area contributed by atoms with Crippen molar-refractivity contribution in [1.82, 2.24) is 14.9 Å². The molecule has 0 spiro atoms. The monoisotopic (exact) mass is 371 g/mol. The number of likely N-dealkylation sites (N-methyl/N-ethyl adjacent to an activating group) is 1. The molecule has 1 amide bonds. The van der Waals surface area contributed by atoms with Crippen LogP contribution in [0.2, 0.25) is 0 Å². The summed E-state index contributed by atoms with van der Waals surface area (Å²) < 4.78 is 12.2. The highest BCUT2D eigenvalue weighted by Crippen LogP contribution is 2.33. The fraction of sp³-hybridized carbons (Fsp3) is 0.278. The standard InChI is InChI=1S/C18H17N3O4S/c1-10-15(25-13-6-4-3-5-12(13)24-10)18(23)21(2)9-14-19-11-7-8-26-16(11)17(22)20-14/h3-8,10,15H,9H2,1-2H3,(H,19,20,22)/t10-,15-/m1/s1. The van der Waals surface area contributed by atoms with Crippen LogP contribution >= 0.6 is 11.3 Å². The quantitative estimate of drug-likeness (QED) is 0.763. The number of aromatic amines is 1. The number of amides is 1. The van der Waals surface area contributed by atoms with E-state index in [1.54, 1.807) is 32.2 Å². The molecule has 7 nitrogen and oxygen atoms in total. The minimum Gasteiger partial charge on any atom is -0.482 e. The Labute approximate surface area is 153 Å². The number of aromatic nitrogens is 2. The van der Waals surface area contributed by atoms with Gasteiger partial charge in [-0.3, -0.25) is 9.59 Å². The molecule has 3 heterocycles. The first-order valence-corrected chi connectivity index (χ1v) is 9.04. The Balaban J connectivity index is 1.53. The first-order chi connectivity index (χ1) is 12.5. The van der Waals surface area contributed by atoms with Gasteiger partial charge in [-0.05, 0) is 30.5 Å². The topological polar surface area (TPSA) is 84.5 Å². The van der Waals surface area contributed by atoms with Gasteiger partial charge in [0.2, 0.25) is 6.10 Å². The maximum atomic E-state index is 12.8. The summed E-state index contributed by atoms with van der Waals surface area (Å²) in [6, 6.07) is 9.05. The molecule has 0 unspecified atom stereocenters. The summed E-state index contributed by atoms with van der Waals surface area (Å²) >= 11 is 1.34. The molecule has 1 aromatic carbocycles. The Morgan fingerprint density at radius 3 is 2.77 bits per heavy atom. The average molecular weight is 371 g/mol. The molecule has 8 heteroatoms. The van der Waals surface area contributed by atoms with Crippen LogP contribution in [0.15, 0.2) is 40.5 Å². The van der Waals surface area contributed by atoms with Crippen molar-refractivity contribution in [3.05, 3.63) is 51.9 Å². The normalized spacial score (nSPS) is 18.7. The molecule has 2 aromatic heterocycles. The summed E-state index contributed by atoms with van der Waals surface area (Å²) in [5.41, 5.74) is 0.439. The lowest BCUT2D eigenvalue weighted by atomic mass is 10.1. The second-order valence-electron chi connectivity index (χ2n) is 6.15. The minimum atomic E-state index is -0.758. The van der Waals surface area contributed by atoms with Gasteiger partial charge in [0.1, 0.15) is 16.6 Å². The van der Waals surface area contributed by atoms with E-state index < -0.39 is 12.2 Å². The highest BCUT2D eigenvalue weighted by atomic mass is 32.1. The van der Waals surface area contributed by atoms with E-state index in [-0.39, 0.29) is 18.0 Å². The molecule has 1 N–H and O–H groups in total. The predicted octanol–water partition coefficient (Wildman–Crippen LogP) is 2.17. The molecule has 0 saturated heterocycles. The Bertz CT molecular complexity index is 1030. The van der Waals surface area contributed by atoms with E-state index in [0.29, 0.717) is 27.5 Å². The molecule has 26 heavy (non-hydrogen) atoms. The molecule has 3 aromatic rings. The highest BCUT2D eigenvalue weighted by Gasteiger charge is 2.36. The van der Waals surface area contributed by atoms with Crippen LogP contribution in [0.5, 0.6) is 11.5 Å². The predicted molar refractivity (Wildman–Crippen MR) is 97.7 cm³/mol. The summed E-state index contributed by atoms with van der Waals surface area (Å²) in [6.07, 6.45) is -1.18. The second-order valence-corrected chi connectivity index (χ2v) is 7.07. The molecule has 1 aliphatic rings. The Hall–Kier alpha value is -2.87. The van der Waals surface area contributed by atoms with Gasteiger partial charge in [-0.2, -0.15) is 0 Å². The van der Waals surface area contributed by atoms with Crippen molar-refractivity contribution in [2.45, 2.75) is 25.7 Å². The van der Waals surface area contributed by atoms with Crippen molar-refractivity contribution in [1.29, 1.82) is 0 Å². The number of thiophene rings is 1. The maximum Gasteiger partial charge on any atom is 0.268 e. The number of rotatable bonds is 3. The SMILES string of the molecule is C[C@H]1Oc2ccccc2O[C@H]1C(=O)N(C)Cc1nc2ccsc2c(=O)[nH]1. The molecule has 1 aliphatic heterocycles. The summed E-state index contributed by atoms with van der Waals surface area (Å²) in [6.45, 7) is 1.97. The van der Waals surface area contributed by atoms with Gasteiger partial charge in [0.05, 0.1) is 12.1 Å². The number of H-pyrrole nitrogens is 1. The van der Waals surface area contributed by atoms with Gasteiger partial charge >= 0.3 is 0 Å². The number of benzene rings is 1. The van der Waals surface area contributed by atoms with Crippen LogP contribution in [0.1, 0.15) is 12.7 Å². The Morgan fingerprint density at radius 1 is 1.27 bits per heavy atom. The molecule has 2 atom stereocenters. The lowest BCUT2D eigenvalue weighted by molar-refractivity contribution is -0.143. The Morgan fingerprint density at radius 2 is 2.00 bits per heavy atom. The Kier molecular flexibility index (Phi) is 4.12. The number of ether oxygens (including phenoxy) is 2. The lowest BCUT2D eigenvalue weighted by Crippen LogP contribution is -2.49. The van der Waals surface area contributed by atoms with Gasteiger partial charge in [0.15, 0.2) is 11.5 Å². The first-order valence-electron chi connectivity index (χ1n) is 8.16. The van der Waals surface area contributed by atoms with E-state index in [2.05, 4.69) is 9.97 Å². The van der Waals surface area contributed by atoms with Crippen molar-refractivity contribution >= 4 is 27.5 Å². The number of para-hydroxylation sites is 2. The summed E-state index contributed by atoms with van der Waals surface area (Å²) in [7, 11) is 1.65. The highest BCUT2D eigenvalue weighted by molar-refractivity contribution is 7.17. The van der Waals surface area contributed by atoms with E-state index in [1.165, 1.54) is 16.2 Å². The zero-order valence-corrected chi connectivity index (χ0v) is 15.1. The zero-order valence-electron chi connectivity index (χ0n) is 14.3. The van der Waals surface area contributed by atoms with Crippen molar-refractivity contribution in [2.75, 3.05) is 7.05 Å². The third-order valence-corrected chi connectivity index (χ3v) is 5.12. The molecule has 0 saturated carbocycles. The van der Waals surface area contributed by atoms with Gasteiger partial charge in [-0.25, -0.2) is 4.98 Å². The van der Waals surface area contributed by atoms with Gasteiger partial charge in [0, 0.05) is 7.05 Å². The number of carbonyl (C=O) groups excluding carboxylic acids is 1. The summed E-state index contributed by atoms with van der Waals surface area (Å²) in [5, 5.41) is 1.82. The van der Waals surface area contributed by atoms with Crippen molar-refractivity contribution in [3.63, 3.8) is 0 Å². The number of nitrogens with zero attached hydrogens (tertiary/aromatic N) is 2. The molecule has 0 aliphatic carbocycles. The number of hydrogen-bond acceptors (Lipinski definition) is 6. The molecule has 134 valence electrons. The molecular weight excluding hydrogens is 354 g/mol. The van der Waals surface area contributed by atoms with E-state index in [4.69, 9.17) is 9.47 Å². The molecule has 4 rings (SSSR count). The van der Waals surface area contributed by atoms with Crippen molar-refractivity contribution in [3.8, 4) is 11.5 Å². The van der Waals surface area contributed by atoms with Crippen LogP contribution in [0, 0.1) is 0 Å². The second kappa shape index (κ2) is 6.45. The summed E-state index contributed by atoms with van der Waals surface area (Å²) in [4.78, 5) is 33.5. The number of nitrogens with one attached hydrogen (secondary N) is 1. The van der Waals surface area contributed by atoms with Crippen LogP contribution in [0.3, 0.4) is 0 Å². The summed E-state index contributed by atoms with van der Waals surface area (Å²) in [5.74, 6) is 1.37. The van der Waals surface area contributed by atoms with Crippen LogP contribution < -0.4 is 15.0 Å². The van der Waals surface area contributed by atoms with Crippen LogP contribution in [0.25, 0.3) is 10.2 Å². The van der Waals surface area contributed by atoms with Crippen molar-refractivity contribution in [2.24, 2.45) is 0 Å². The van der Waals surface area contributed by atoms with E-state index in [1.807, 2.05) is 17.5 Å². The van der Waals surface area contributed by atoms with Gasteiger partial charge in [-0.15, -0.1) is 11.3 Å². The molecule has 0 radical (unpaired) electrons. The van der Waals surface area contributed by atoms with E-state index in [0.717, 1.165) is 0 Å².